The van der Waals surface area contributed by atoms with Crippen molar-refractivity contribution in [3.8, 4) is 0 Å². The van der Waals surface area contributed by atoms with E-state index < -0.39 is 91.2 Å². The highest BCUT2D eigenvalue weighted by Gasteiger charge is 2.54. The molecule has 3 fully saturated rings. The Kier molecular flexibility index (Phi) is 8.88. The number of nitrogens with two attached hydrogens (primary N) is 3. The molecule has 2 aliphatic heterocycles. The van der Waals surface area contributed by atoms with Gasteiger partial charge in [-0.15, -0.1) is 0 Å². The average Bonchev–Trinajstić information content (AvgIpc) is 2.79. The van der Waals surface area contributed by atoms with Gasteiger partial charge in [-0.1, -0.05) is 0 Å². The maximum atomic E-state index is 11.0. The number of aliphatic hydroxyl groups excluding tert-OH is 6. The lowest BCUT2D eigenvalue weighted by molar-refractivity contribution is -0.334. The molecule has 0 aromatic carbocycles. The third-order valence-electron chi connectivity index (χ3n) is 6.85. The number of likely N-dealkylation sites (N-methyl/N-ethyl adjacent to an activating group) is 1. The molecule has 14 N–H and O–H groups in total. The Bertz CT molecular complexity index is 676. The quantitative estimate of drug-likeness (QED) is 0.162. The summed E-state index contributed by atoms with van der Waals surface area (Å²) in [6, 6.07) is -3.32. The molecule has 2 heterocycles. The van der Waals surface area contributed by atoms with Crippen LogP contribution in [0.15, 0.2) is 0 Å². The standard InChI is InChI=1S/C19H38N4O11/c1-19(30)4-31-17(13(29)16(19)23-2)33-14-6(21)9(25)7(22)15(12(14)28)34-18-11(27)10(26)8(24)5(3-20)32-18/h5-18,23-30H,3-4,20-22H2,1-2H3. The number of nitrogens with one attached hydrogen (secondary N) is 1. The van der Waals surface area contributed by atoms with Gasteiger partial charge in [0.2, 0.25) is 0 Å². The van der Waals surface area contributed by atoms with E-state index in [1.165, 1.54) is 14.0 Å². The van der Waals surface area contributed by atoms with Gasteiger partial charge in [0.25, 0.3) is 0 Å². The van der Waals surface area contributed by atoms with E-state index in [1.54, 1.807) is 0 Å². The number of aliphatic hydroxyl groups is 7. The molecule has 1 aliphatic carbocycles. The second kappa shape index (κ2) is 10.8. The zero-order valence-electron chi connectivity index (χ0n) is 19.0. The first-order valence-corrected chi connectivity index (χ1v) is 11.1. The van der Waals surface area contributed by atoms with Gasteiger partial charge in [0.1, 0.15) is 54.4 Å². The Hall–Kier alpha value is -0.600. The predicted molar refractivity (Wildman–Crippen MR) is 113 cm³/mol. The molecule has 15 atom stereocenters. The molecule has 15 nitrogen and oxygen atoms in total. The summed E-state index contributed by atoms with van der Waals surface area (Å²) in [5.74, 6) is 0. The van der Waals surface area contributed by atoms with E-state index in [1.807, 2.05) is 0 Å². The van der Waals surface area contributed by atoms with Crippen LogP contribution in [0.1, 0.15) is 6.92 Å². The molecule has 0 amide bonds. The van der Waals surface area contributed by atoms with E-state index in [4.69, 9.17) is 36.1 Å². The number of hydrogen-bond donors (Lipinski definition) is 11. The summed E-state index contributed by atoms with van der Waals surface area (Å²) in [5, 5.41) is 75.7. The minimum Gasteiger partial charge on any atom is -0.390 e. The Balaban J connectivity index is 1.76. The lowest BCUT2D eigenvalue weighted by Crippen LogP contribution is -2.73. The van der Waals surface area contributed by atoms with Gasteiger partial charge < -0.3 is 77.2 Å². The molecule has 0 spiro atoms. The van der Waals surface area contributed by atoms with E-state index in [-0.39, 0.29) is 13.2 Å². The predicted octanol–water partition coefficient (Wildman–Crippen LogP) is -7.03. The lowest BCUT2D eigenvalue weighted by atomic mass is 9.81. The van der Waals surface area contributed by atoms with Crippen molar-refractivity contribution >= 4 is 0 Å². The maximum absolute atomic E-state index is 11.0. The van der Waals surface area contributed by atoms with Crippen LogP contribution in [0, 0.1) is 0 Å². The molecule has 1 saturated carbocycles. The summed E-state index contributed by atoms with van der Waals surface area (Å²) in [7, 11) is 1.54. The molecule has 200 valence electrons. The van der Waals surface area contributed by atoms with Crippen molar-refractivity contribution in [1.29, 1.82) is 0 Å². The second-order valence-electron chi connectivity index (χ2n) is 9.38. The number of hydrogen-bond acceptors (Lipinski definition) is 15. The molecule has 15 heteroatoms. The summed E-state index contributed by atoms with van der Waals surface area (Å²) >= 11 is 0. The Morgan fingerprint density at radius 3 is 1.94 bits per heavy atom. The van der Waals surface area contributed by atoms with Crippen LogP contribution < -0.4 is 22.5 Å². The average molecular weight is 499 g/mol. The van der Waals surface area contributed by atoms with Gasteiger partial charge in [-0.2, -0.15) is 0 Å². The minimum absolute atomic E-state index is 0.198. The van der Waals surface area contributed by atoms with Gasteiger partial charge in [-0.3, -0.25) is 0 Å². The zero-order valence-corrected chi connectivity index (χ0v) is 19.0. The zero-order chi connectivity index (χ0) is 25.5. The first kappa shape index (κ1) is 28.0. The van der Waals surface area contributed by atoms with Crippen molar-refractivity contribution in [2.24, 2.45) is 17.2 Å². The molecule has 2 saturated heterocycles. The first-order chi connectivity index (χ1) is 15.8. The van der Waals surface area contributed by atoms with Crippen LogP contribution in [0.5, 0.6) is 0 Å². The lowest BCUT2D eigenvalue weighted by Gasteiger charge is -2.50. The monoisotopic (exact) mass is 498 g/mol. The third-order valence-corrected chi connectivity index (χ3v) is 6.85. The Morgan fingerprint density at radius 1 is 0.853 bits per heavy atom. The fourth-order valence-electron chi connectivity index (χ4n) is 4.73. The van der Waals surface area contributed by atoms with Crippen LogP contribution in [0.2, 0.25) is 0 Å². The highest BCUT2D eigenvalue weighted by molar-refractivity contribution is 5.06. The highest BCUT2D eigenvalue weighted by atomic mass is 16.7. The molecule has 3 aliphatic rings. The van der Waals surface area contributed by atoms with Gasteiger partial charge >= 0.3 is 0 Å². The number of ether oxygens (including phenoxy) is 4. The van der Waals surface area contributed by atoms with E-state index >= 15 is 0 Å². The van der Waals surface area contributed by atoms with Crippen molar-refractivity contribution in [2.75, 3.05) is 20.2 Å². The molecular formula is C19H38N4O11. The normalized spacial score (nSPS) is 54.7. The molecule has 0 aromatic heterocycles. The van der Waals surface area contributed by atoms with Gasteiger partial charge in [0, 0.05) is 6.54 Å². The fraction of sp³-hybridized carbons (Fsp3) is 1.00. The summed E-state index contributed by atoms with van der Waals surface area (Å²) in [6.45, 7) is 1.07. The summed E-state index contributed by atoms with van der Waals surface area (Å²) in [6.07, 6.45) is -16.0. The molecular weight excluding hydrogens is 460 g/mol. The van der Waals surface area contributed by atoms with Crippen molar-refractivity contribution in [1.82, 2.24) is 5.32 Å². The molecule has 15 unspecified atom stereocenters. The second-order valence-corrected chi connectivity index (χ2v) is 9.38. The topological polar surface area (TPSA) is 269 Å². The van der Waals surface area contributed by atoms with E-state index in [0.29, 0.717) is 0 Å². The third kappa shape index (κ3) is 5.10. The van der Waals surface area contributed by atoms with Crippen LogP contribution >= 0.6 is 0 Å². The molecule has 0 radical (unpaired) electrons. The molecule has 0 aromatic rings. The van der Waals surface area contributed by atoms with Gasteiger partial charge in [0.05, 0.1) is 30.8 Å². The van der Waals surface area contributed by atoms with Crippen LogP contribution in [0.4, 0.5) is 0 Å². The van der Waals surface area contributed by atoms with Crippen molar-refractivity contribution in [3.05, 3.63) is 0 Å². The van der Waals surface area contributed by atoms with Crippen LogP contribution in [0.3, 0.4) is 0 Å². The van der Waals surface area contributed by atoms with E-state index in [2.05, 4.69) is 5.32 Å². The van der Waals surface area contributed by atoms with E-state index in [0.717, 1.165) is 0 Å². The van der Waals surface area contributed by atoms with E-state index in [9.17, 15) is 35.7 Å². The van der Waals surface area contributed by atoms with Crippen molar-refractivity contribution in [3.63, 3.8) is 0 Å². The largest absolute Gasteiger partial charge is 0.390 e. The summed E-state index contributed by atoms with van der Waals surface area (Å²) in [5.41, 5.74) is 16.2. The van der Waals surface area contributed by atoms with Crippen molar-refractivity contribution in [2.45, 2.75) is 98.2 Å². The number of rotatable bonds is 6. The molecule has 3 rings (SSSR count). The Labute approximate surface area is 196 Å². The smallest absolute Gasteiger partial charge is 0.187 e. The first-order valence-electron chi connectivity index (χ1n) is 11.1. The van der Waals surface area contributed by atoms with Gasteiger partial charge in [-0.05, 0) is 14.0 Å². The van der Waals surface area contributed by atoms with Crippen molar-refractivity contribution < 1.29 is 54.7 Å². The fourth-order valence-corrected chi connectivity index (χ4v) is 4.73. The maximum Gasteiger partial charge on any atom is 0.187 e. The van der Waals surface area contributed by atoms with Crippen LogP contribution in [-0.4, -0.2) is 147 Å². The van der Waals surface area contributed by atoms with Gasteiger partial charge in [-0.25, -0.2) is 0 Å². The minimum atomic E-state index is -1.72. The molecule has 34 heavy (non-hydrogen) atoms. The van der Waals surface area contributed by atoms with Crippen LogP contribution in [-0.2, 0) is 18.9 Å². The summed E-state index contributed by atoms with van der Waals surface area (Å²) < 4.78 is 22.2. The SMILES string of the molecule is CNC1C(O)C(OC2C(N)C(O)C(N)C(OC3OC(CN)C(O)C(O)C3O)C2O)OCC1(C)O. The molecule has 0 bridgehead atoms. The highest BCUT2D eigenvalue weighted by Crippen LogP contribution is 2.32. The van der Waals surface area contributed by atoms with Crippen LogP contribution in [0.25, 0.3) is 0 Å². The Morgan fingerprint density at radius 2 is 1.41 bits per heavy atom. The summed E-state index contributed by atoms with van der Waals surface area (Å²) in [4.78, 5) is 0. The van der Waals surface area contributed by atoms with Gasteiger partial charge in [0.15, 0.2) is 12.6 Å².